The zero-order chi connectivity index (χ0) is 21.6. The maximum absolute atomic E-state index is 14.2. The number of aromatic nitrogens is 1. The number of nitrogen functional groups attached to an aromatic ring is 1. The van der Waals surface area contributed by atoms with E-state index in [2.05, 4.69) is 4.98 Å². The van der Waals surface area contributed by atoms with E-state index in [9.17, 15) is 19.0 Å². The highest BCUT2D eigenvalue weighted by Crippen LogP contribution is 2.38. The molecule has 3 aromatic rings. The number of halogens is 4. The smallest absolute Gasteiger partial charge is 0.181 e. The van der Waals surface area contributed by atoms with Crippen LogP contribution in [0.3, 0.4) is 0 Å². The predicted octanol–water partition coefficient (Wildman–Crippen LogP) is 3.84. The van der Waals surface area contributed by atoms with Gasteiger partial charge in [0.25, 0.3) is 0 Å². The Morgan fingerprint density at radius 2 is 2.00 bits per heavy atom. The van der Waals surface area contributed by atoms with Crippen molar-refractivity contribution in [3.63, 3.8) is 0 Å². The van der Waals surface area contributed by atoms with Crippen molar-refractivity contribution in [2.75, 3.05) is 30.3 Å². The first-order chi connectivity index (χ1) is 14.2. The topological polar surface area (TPSA) is 91.8 Å². The van der Waals surface area contributed by atoms with Crippen LogP contribution < -0.4 is 15.4 Å². The second-order valence-electron chi connectivity index (χ2n) is 7.10. The number of benzene rings is 2. The molecule has 0 radical (unpaired) electrons. The fraction of sp³-hybridized carbons (Fsp3) is 0.316. The number of piperidine rings is 1. The molecule has 6 nitrogen and oxygen atoms in total. The van der Waals surface area contributed by atoms with Gasteiger partial charge in [-0.1, -0.05) is 34.5 Å². The van der Waals surface area contributed by atoms with E-state index in [1.165, 1.54) is 16.2 Å². The van der Waals surface area contributed by atoms with Crippen molar-refractivity contribution < 1.29 is 23.7 Å². The highest BCUT2D eigenvalue weighted by Gasteiger charge is 2.42. The number of anilines is 2. The standard InChI is InChI=1S/C19H17Cl2F2N3O3S/c20-9-5-11(22)16(12(23)6-9)26-4-3-19(28,14(27)7-26)8-29-13-2-1-10(21)15-17(13)30-18(24)25-15/h1-2,5-6,14,27-28H,3-4,7-8H2,(H2,24,25). The first-order valence-corrected chi connectivity index (χ1v) is 10.5. The lowest BCUT2D eigenvalue weighted by Gasteiger charge is -2.42. The van der Waals surface area contributed by atoms with E-state index in [4.69, 9.17) is 33.7 Å². The monoisotopic (exact) mass is 475 g/mol. The summed E-state index contributed by atoms with van der Waals surface area (Å²) in [6.07, 6.45) is -1.29. The fourth-order valence-corrected chi connectivity index (χ4v) is 4.73. The number of rotatable bonds is 4. The summed E-state index contributed by atoms with van der Waals surface area (Å²) < 4.78 is 34.8. The van der Waals surface area contributed by atoms with Gasteiger partial charge in [0.2, 0.25) is 0 Å². The van der Waals surface area contributed by atoms with Crippen LogP contribution in [-0.2, 0) is 0 Å². The third-order valence-electron chi connectivity index (χ3n) is 5.08. The number of aliphatic hydroxyl groups is 2. The molecule has 30 heavy (non-hydrogen) atoms. The third kappa shape index (κ3) is 3.88. The Morgan fingerprint density at radius 1 is 1.30 bits per heavy atom. The molecule has 2 aromatic carbocycles. The number of aliphatic hydroxyl groups excluding tert-OH is 1. The number of nitrogens with two attached hydrogens (primary N) is 1. The Morgan fingerprint density at radius 3 is 2.67 bits per heavy atom. The molecule has 1 saturated heterocycles. The minimum Gasteiger partial charge on any atom is -0.489 e. The van der Waals surface area contributed by atoms with Crippen molar-refractivity contribution >= 4 is 55.6 Å². The lowest BCUT2D eigenvalue weighted by molar-refractivity contribution is -0.108. The molecule has 4 N–H and O–H groups in total. The first-order valence-electron chi connectivity index (χ1n) is 8.95. The number of β-amino-alcohol motifs (C(OH)–C–C–N with tert-alkyl or cyclic N) is 1. The molecule has 11 heteroatoms. The Bertz CT molecular complexity index is 1090. The van der Waals surface area contributed by atoms with E-state index < -0.39 is 23.3 Å². The lowest BCUT2D eigenvalue weighted by atomic mass is 9.89. The summed E-state index contributed by atoms with van der Waals surface area (Å²) in [5.41, 5.74) is 4.34. The Hall–Kier alpha value is -1.91. The van der Waals surface area contributed by atoms with E-state index in [-0.39, 0.29) is 36.8 Å². The molecule has 4 rings (SSSR count). The molecule has 160 valence electrons. The van der Waals surface area contributed by atoms with Gasteiger partial charge in [0.05, 0.1) is 9.72 Å². The van der Waals surface area contributed by atoms with Crippen LogP contribution >= 0.6 is 34.5 Å². The van der Waals surface area contributed by atoms with E-state index in [0.717, 1.165) is 12.1 Å². The van der Waals surface area contributed by atoms with Gasteiger partial charge in [0.15, 0.2) is 16.8 Å². The Kier molecular flexibility index (Phi) is 5.67. The van der Waals surface area contributed by atoms with Gasteiger partial charge < -0.3 is 25.6 Å². The molecule has 2 atom stereocenters. The second kappa shape index (κ2) is 7.97. The molecule has 0 saturated carbocycles. The summed E-state index contributed by atoms with van der Waals surface area (Å²) in [7, 11) is 0. The minimum atomic E-state index is -1.61. The molecular formula is C19H17Cl2F2N3O3S. The van der Waals surface area contributed by atoms with Crippen molar-refractivity contribution in [2.24, 2.45) is 0 Å². The average Bonchev–Trinajstić information content (AvgIpc) is 3.06. The van der Waals surface area contributed by atoms with E-state index in [1.807, 2.05) is 0 Å². The molecule has 2 heterocycles. The lowest BCUT2D eigenvalue weighted by Crippen LogP contribution is -2.58. The SMILES string of the molecule is Nc1nc2c(Cl)ccc(OCC3(O)CCN(c4c(F)cc(Cl)cc4F)CC3O)c2s1. The van der Waals surface area contributed by atoms with Gasteiger partial charge in [0.1, 0.15) is 35.3 Å². The normalized spacial score (nSPS) is 21.9. The van der Waals surface area contributed by atoms with Crippen LogP contribution in [0.15, 0.2) is 24.3 Å². The second-order valence-corrected chi connectivity index (χ2v) is 8.97. The summed E-state index contributed by atoms with van der Waals surface area (Å²) in [5.74, 6) is -1.25. The predicted molar refractivity (Wildman–Crippen MR) is 114 cm³/mol. The van der Waals surface area contributed by atoms with Crippen LogP contribution in [0.2, 0.25) is 10.0 Å². The molecule has 0 spiro atoms. The van der Waals surface area contributed by atoms with Crippen LogP contribution in [0.5, 0.6) is 5.75 Å². The molecule has 0 bridgehead atoms. The fourth-order valence-electron chi connectivity index (χ4n) is 3.46. The third-order valence-corrected chi connectivity index (χ3v) is 6.50. The van der Waals surface area contributed by atoms with Crippen LogP contribution in [0.4, 0.5) is 19.6 Å². The molecule has 0 aliphatic carbocycles. The van der Waals surface area contributed by atoms with Crippen molar-refractivity contribution in [1.82, 2.24) is 4.98 Å². The number of hydrogen-bond acceptors (Lipinski definition) is 7. The summed E-state index contributed by atoms with van der Waals surface area (Å²) in [5, 5.41) is 22.1. The van der Waals surface area contributed by atoms with Crippen molar-refractivity contribution in [1.29, 1.82) is 0 Å². The van der Waals surface area contributed by atoms with Crippen LogP contribution in [0.25, 0.3) is 10.2 Å². The van der Waals surface area contributed by atoms with Crippen LogP contribution in [0, 0.1) is 11.6 Å². The van der Waals surface area contributed by atoms with Gasteiger partial charge >= 0.3 is 0 Å². The highest BCUT2D eigenvalue weighted by molar-refractivity contribution is 7.22. The molecule has 1 aromatic heterocycles. The number of thiazole rings is 1. The van der Waals surface area contributed by atoms with E-state index >= 15 is 0 Å². The summed E-state index contributed by atoms with van der Waals surface area (Å²) in [6.45, 7) is -0.309. The van der Waals surface area contributed by atoms with Gasteiger partial charge in [-0.2, -0.15) is 0 Å². The minimum absolute atomic E-state index is 0.0250. The van der Waals surface area contributed by atoms with Crippen molar-refractivity contribution in [3.8, 4) is 5.75 Å². The van der Waals surface area contributed by atoms with Gasteiger partial charge in [-0.15, -0.1) is 0 Å². The largest absolute Gasteiger partial charge is 0.489 e. The first kappa shape index (κ1) is 21.3. The van der Waals surface area contributed by atoms with Crippen LogP contribution in [-0.4, -0.2) is 46.6 Å². The molecular weight excluding hydrogens is 459 g/mol. The molecule has 2 unspecified atom stereocenters. The number of hydrogen-bond donors (Lipinski definition) is 3. The Labute approximate surface area is 184 Å². The van der Waals surface area contributed by atoms with E-state index in [0.29, 0.717) is 26.1 Å². The van der Waals surface area contributed by atoms with Crippen molar-refractivity contribution in [3.05, 3.63) is 45.9 Å². The maximum atomic E-state index is 14.2. The van der Waals surface area contributed by atoms with E-state index in [1.54, 1.807) is 12.1 Å². The van der Waals surface area contributed by atoms with Gasteiger partial charge in [-0.05, 0) is 30.7 Å². The molecule has 0 amide bonds. The summed E-state index contributed by atoms with van der Waals surface area (Å²) in [6, 6.07) is 5.24. The summed E-state index contributed by atoms with van der Waals surface area (Å²) in [4.78, 5) is 5.49. The van der Waals surface area contributed by atoms with Gasteiger partial charge in [-0.25, -0.2) is 13.8 Å². The zero-order valence-electron chi connectivity index (χ0n) is 15.4. The zero-order valence-corrected chi connectivity index (χ0v) is 17.7. The van der Waals surface area contributed by atoms with Gasteiger partial charge in [0, 0.05) is 18.1 Å². The van der Waals surface area contributed by atoms with Crippen molar-refractivity contribution in [2.45, 2.75) is 18.1 Å². The highest BCUT2D eigenvalue weighted by atomic mass is 35.5. The van der Waals surface area contributed by atoms with Crippen LogP contribution in [0.1, 0.15) is 6.42 Å². The molecule has 1 aliphatic heterocycles. The maximum Gasteiger partial charge on any atom is 0.181 e. The van der Waals surface area contributed by atoms with Gasteiger partial charge in [-0.3, -0.25) is 0 Å². The quantitative estimate of drug-likeness (QED) is 0.530. The molecule has 1 aliphatic rings. The summed E-state index contributed by atoms with van der Waals surface area (Å²) >= 11 is 13.0. The number of fused-ring (bicyclic) bond motifs is 1. The molecule has 1 fully saturated rings. The average molecular weight is 476 g/mol. The number of nitrogens with zero attached hydrogens (tertiary/aromatic N) is 2. The Balaban J connectivity index is 1.50. The number of ether oxygens (including phenoxy) is 1.